The number of rotatable bonds is 7. The third kappa shape index (κ3) is 6.18. The molecular weight excluding hydrogens is 618 g/mol. The van der Waals surface area contributed by atoms with E-state index < -0.39 is 83.3 Å². The molecule has 212 valence electrons. The molecule has 0 aromatic heterocycles. The molecule has 0 bridgehead atoms. The van der Waals surface area contributed by atoms with Gasteiger partial charge in [-0.1, -0.05) is 12.1 Å². The van der Waals surface area contributed by atoms with Crippen LogP contribution in [0.15, 0.2) is 79.5 Å². The van der Waals surface area contributed by atoms with Gasteiger partial charge in [-0.05, 0) is 53.2 Å². The van der Waals surface area contributed by atoms with E-state index in [-0.39, 0.29) is 11.1 Å². The van der Waals surface area contributed by atoms with Crippen molar-refractivity contribution >= 4 is 79.4 Å². The molecule has 4 rings (SSSR count). The molecule has 0 aliphatic rings. The fraction of sp³-hybridized carbons (Fsp3) is 0. The topological polar surface area (TPSA) is 277 Å². The van der Waals surface area contributed by atoms with Crippen LogP contribution in [-0.4, -0.2) is 51.9 Å². The highest BCUT2D eigenvalue weighted by molar-refractivity contribution is 7.87. The Morgan fingerprint density at radius 2 is 1.20 bits per heavy atom. The Balaban J connectivity index is 2.04. The molecule has 0 atom stereocenters. The molecule has 0 fully saturated rings. The molecule has 0 spiro atoms. The van der Waals surface area contributed by atoms with Crippen LogP contribution in [0.5, 0.6) is 5.75 Å². The van der Waals surface area contributed by atoms with E-state index in [9.17, 15) is 51.9 Å². The molecule has 4 aromatic carbocycles. The minimum absolute atomic E-state index is 0.0361. The van der Waals surface area contributed by atoms with Gasteiger partial charge in [0.2, 0.25) is 0 Å². The Morgan fingerprint density at radius 1 is 0.600 bits per heavy atom. The number of nitrogens with two attached hydrogens (primary N) is 1. The number of fused-ring (bicyclic) bond motifs is 2. The minimum Gasteiger partial charge on any atom is -0.399 e. The van der Waals surface area contributed by atoms with Crippen molar-refractivity contribution < 1.29 is 56.1 Å². The van der Waals surface area contributed by atoms with Gasteiger partial charge in [0.1, 0.15) is 21.2 Å². The van der Waals surface area contributed by atoms with Gasteiger partial charge in [0.05, 0.1) is 4.90 Å². The first-order valence-corrected chi connectivity index (χ1v) is 15.9. The number of nitrogens with zero attached hydrogens (tertiary/aromatic N) is 2. The zero-order valence-corrected chi connectivity index (χ0v) is 22.5. The maximum atomic E-state index is 12.1. The van der Waals surface area contributed by atoms with E-state index in [0.29, 0.717) is 29.7 Å². The molecule has 40 heavy (non-hydrogen) atoms. The second-order valence-corrected chi connectivity index (χ2v) is 13.2. The summed E-state index contributed by atoms with van der Waals surface area (Å²) < 4.78 is 137. The summed E-state index contributed by atoms with van der Waals surface area (Å²) in [6.45, 7) is 0. The molecule has 4 aromatic rings. The van der Waals surface area contributed by atoms with Crippen molar-refractivity contribution in [1.82, 2.24) is 0 Å². The summed E-state index contributed by atoms with van der Waals surface area (Å²) in [7, 11) is -20.5. The van der Waals surface area contributed by atoms with E-state index in [1.807, 2.05) is 0 Å². The van der Waals surface area contributed by atoms with Crippen LogP contribution in [0, 0.1) is 0 Å². The molecule has 6 N–H and O–H groups in total. The van der Waals surface area contributed by atoms with Crippen LogP contribution >= 0.6 is 0 Å². The zero-order valence-electron chi connectivity index (χ0n) is 19.3. The van der Waals surface area contributed by atoms with Crippen LogP contribution in [0.1, 0.15) is 0 Å². The maximum Gasteiger partial charge on any atom is 0.446 e. The van der Waals surface area contributed by atoms with Crippen molar-refractivity contribution in [2.24, 2.45) is 10.2 Å². The molecule has 20 heteroatoms. The number of anilines is 1. The standard InChI is InChI=1S/C20H15N3O13S4/c21-12-3-1-10-2-4-16(20(15(10)7-12)36-40(33,34)35)22-23-17-9-14-11(6-19(17)39(30,31)32)5-13(37(24,25)26)8-18(14)38(27,28)29/h1-9H,21H2,(H,24,25,26)(H,27,28,29)(H,30,31,32)(H,33,34,35). The Kier molecular flexibility index (Phi) is 7.09. The molecule has 0 radical (unpaired) electrons. The first-order chi connectivity index (χ1) is 18.2. The molecule has 0 saturated heterocycles. The van der Waals surface area contributed by atoms with Gasteiger partial charge in [0.25, 0.3) is 30.4 Å². The minimum atomic E-state index is -5.19. The zero-order chi connectivity index (χ0) is 29.8. The lowest BCUT2D eigenvalue weighted by atomic mass is 10.1. The molecule has 0 aliphatic heterocycles. The van der Waals surface area contributed by atoms with Crippen molar-refractivity contribution in [3.63, 3.8) is 0 Å². The lowest BCUT2D eigenvalue weighted by Gasteiger charge is -2.11. The largest absolute Gasteiger partial charge is 0.446 e. The normalized spacial score (nSPS) is 13.3. The van der Waals surface area contributed by atoms with Gasteiger partial charge < -0.3 is 9.92 Å². The highest BCUT2D eigenvalue weighted by atomic mass is 32.3. The fourth-order valence-corrected chi connectivity index (χ4v) is 6.02. The van der Waals surface area contributed by atoms with Crippen molar-refractivity contribution in [3.8, 4) is 5.75 Å². The van der Waals surface area contributed by atoms with E-state index in [1.54, 1.807) is 0 Å². The SMILES string of the molecule is Nc1ccc2ccc(N=Nc3cc4c(S(=O)(=O)O)cc(S(=O)(=O)O)cc4cc3S(=O)(=O)O)c(OS(=O)(=O)O)c2c1. The average molecular weight is 634 g/mol. The predicted octanol–water partition coefficient (Wildman–Crippen LogP) is 2.91. The first-order valence-electron chi connectivity index (χ1n) is 10.2. The van der Waals surface area contributed by atoms with Crippen LogP contribution in [0.2, 0.25) is 0 Å². The second kappa shape index (κ2) is 9.71. The highest BCUT2D eigenvalue weighted by Crippen LogP contribution is 2.40. The number of hydrogen-bond donors (Lipinski definition) is 5. The van der Waals surface area contributed by atoms with Crippen LogP contribution in [-0.2, 0) is 40.8 Å². The number of azo groups is 1. The van der Waals surface area contributed by atoms with Gasteiger partial charge in [-0.25, -0.2) is 0 Å². The average Bonchev–Trinajstić information content (AvgIpc) is 2.79. The van der Waals surface area contributed by atoms with E-state index >= 15 is 0 Å². The van der Waals surface area contributed by atoms with E-state index in [0.717, 1.165) is 0 Å². The highest BCUT2D eigenvalue weighted by Gasteiger charge is 2.25. The quantitative estimate of drug-likeness (QED) is 0.111. The summed E-state index contributed by atoms with van der Waals surface area (Å²) in [6.07, 6.45) is 0. The van der Waals surface area contributed by atoms with Gasteiger partial charge in [-0.15, -0.1) is 10.2 Å². The lowest BCUT2D eigenvalue weighted by Crippen LogP contribution is -2.07. The Labute approximate surface area is 225 Å². The Bertz CT molecular complexity index is 2200. The first kappa shape index (κ1) is 29.2. The van der Waals surface area contributed by atoms with Crippen molar-refractivity contribution in [2.75, 3.05) is 5.73 Å². The van der Waals surface area contributed by atoms with Crippen LogP contribution < -0.4 is 9.92 Å². The predicted molar refractivity (Wildman–Crippen MR) is 138 cm³/mol. The number of benzene rings is 4. The number of hydrogen-bond acceptors (Lipinski definition) is 12. The summed E-state index contributed by atoms with van der Waals surface area (Å²) in [4.78, 5) is -3.13. The summed E-state index contributed by atoms with van der Waals surface area (Å²) in [5.74, 6) is -0.582. The summed E-state index contributed by atoms with van der Waals surface area (Å²) in [5.41, 5.74) is 4.73. The summed E-state index contributed by atoms with van der Waals surface area (Å²) in [5, 5.41) is 6.82. The molecule has 16 nitrogen and oxygen atoms in total. The fourth-order valence-electron chi connectivity index (χ4n) is 3.64. The molecular formula is C20H15N3O13S4. The smallest absolute Gasteiger partial charge is 0.399 e. The Hall–Kier alpha value is -3.76. The maximum absolute atomic E-state index is 12.1. The van der Waals surface area contributed by atoms with Crippen molar-refractivity contribution in [2.45, 2.75) is 14.7 Å². The van der Waals surface area contributed by atoms with Gasteiger partial charge in [0.15, 0.2) is 5.75 Å². The van der Waals surface area contributed by atoms with Gasteiger partial charge in [0, 0.05) is 16.5 Å². The van der Waals surface area contributed by atoms with Crippen LogP contribution in [0.3, 0.4) is 0 Å². The molecule has 0 unspecified atom stereocenters. The third-order valence-corrected chi connectivity index (χ3v) is 8.24. The van der Waals surface area contributed by atoms with Crippen molar-refractivity contribution in [3.05, 3.63) is 54.6 Å². The van der Waals surface area contributed by atoms with Gasteiger partial charge >= 0.3 is 10.4 Å². The van der Waals surface area contributed by atoms with Crippen molar-refractivity contribution in [1.29, 1.82) is 0 Å². The van der Waals surface area contributed by atoms with E-state index in [4.69, 9.17) is 5.73 Å². The van der Waals surface area contributed by atoms with Gasteiger partial charge in [-0.3, -0.25) is 18.2 Å². The second-order valence-electron chi connectivity index (χ2n) is 7.99. The molecule has 0 heterocycles. The number of nitrogen functional groups attached to an aromatic ring is 1. The third-order valence-electron chi connectivity index (χ3n) is 5.25. The summed E-state index contributed by atoms with van der Waals surface area (Å²) >= 11 is 0. The molecule has 0 amide bonds. The summed E-state index contributed by atoms with van der Waals surface area (Å²) in [6, 6.07) is 9.19. The van der Waals surface area contributed by atoms with Gasteiger partial charge in [-0.2, -0.15) is 33.7 Å². The molecule has 0 aliphatic carbocycles. The van der Waals surface area contributed by atoms with Crippen LogP contribution in [0.4, 0.5) is 17.1 Å². The Morgan fingerprint density at radius 3 is 1.77 bits per heavy atom. The van der Waals surface area contributed by atoms with Crippen LogP contribution in [0.25, 0.3) is 21.5 Å². The monoisotopic (exact) mass is 633 g/mol. The molecule has 0 saturated carbocycles. The van der Waals surface area contributed by atoms with E-state index in [2.05, 4.69) is 14.4 Å². The van der Waals surface area contributed by atoms with E-state index in [1.165, 1.54) is 30.3 Å². The lowest BCUT2D eigenvalue weighted by molar-refractivity contribution is 0.388.